The molecular weight excluding hydrogens is 184 g/mol. The lowest BCUT2D eigenvalue weighted by atomic mass is 10.2. The molecule has 0 radical (unpaired) electrons. The fourth-order valence-electron chi connectivity index (χ4n) is 1.02. The lowest BCUT2D eigenvalue weighted by Gasteiger charge is -2.06. The first kappa shape index (κ1) is 10.2. The Morgan fingerprint density at radius 3 is 2.64 bits per heavy atom. The third kappa shape index (κ3) is 2.29. The van der Waals surface area contributed by atoms with Crippen LogP contribution >= 0.6 is 0 Å². The minimum absolute atomic E-state index is 0.00852. The van der Waals surface area contributed by atoms with Gasteiger partial charge in [0.15, 0.2) is 0 Å². The average Bonchev–Trinajstić information content (AvgIpc) is 2.01. The number of nitrogens with zero attached hydrogens (tertiary/aromatic N) is 1. The number of aromatic carboxylic acids is 1. The summed E-state index contributed by atoms with van der Waals surface area (Å²) in [6, 6.07) is 1.52. The number of hydrogen-bond donors (Lipinski definition) is 2. The third-order valence-electron chi connectivity index (χ3n) is 1.58. The Hall–Kier alpha value is -1.91. The zero-order valence-corrected chi connectivity index (χ0v) is 7.87. The van der Waals surface area contributed by atoms with Crippen LogP contribution in [0.4, 0.5) is 5.69 Å². The number of nitrogens with one attached hydrogen (secondary N) is 1. The third-order valence-corrected chi connectivity index (χ3v) is 1.58. The number of carbonyl (C=O) groups is 2. The van der Waals surface area contributed by atoms with Gasteiger partial charge in [-0.05, 0) is 13.0 Å². The van der Waals surface area contributed by atoms with Gasteiger partial charge in [-0.1, -0.05) is 0 Å². The molecule has 0 saturated carbocycles. The maximum Gasteiger partial charge on any atom is 0.339 e. The average molecular weight is 194 g/mol. The Morgan fingerprint density at radius 2 is 2.14 bits per heavy atom. The molecule has 0 saturated heterocycles. The zero-order valence-electron chi connectivity index (χ0n) is 7.87. The molecule has 0 spiro atoms. The van der Waals surface area contributed by atoms with Gasteiger partial charge < -0.3 is 10.4 Å². The van der Waals surface area contributed by atoms with E-state index in [9.17, 15) is 9.59 Å². The van der Waals surface area contributed by atoms with Gasteiger partial charge >= 0.3 is 5.97 Å². The van der Waals surface area contributed by atoms with E-state index in [0.29, 0.717) is 5.69 Å². The van der Waals surface area contributed by atoms with E-state index < -0.39 is 5.97 Å². The fraction of sp³-hybridized carbons (Fsp3) is 0.222. The number of hydrogen-bond acceptors (Lipinski definition) is 3. The van der Waals surface area contributed by atoms with Crippen LogP contribution in [0.5, 0.6) is 0 Å². The summed E-state index contributed by atoms with van der Waals surface area (Å²) in [7, 11) is 0. The van der Waals surface area contributed by atoms with Crippen molar-refractivity contribution in [2.24, 2.45) is 0 Å². The number of anilines is 1. The number of carboxylic acids is 1. The lowest BCUT2D eigenvalue weighted by Crippen LogP contribution is -2.11. The van der Waals surface area contributed by atoms with Crippen molar-refractivity contribution in [3.63, 3.8) is 0 Å². The monoisotopic (exact) mass is 194 g/mol. The minimum atomic E-state index is -1.11. The van der Waals surface area contributed by atoms with Gasteiger partial charge in [0.1, 0.15) is 5.56 Å². The Labute approximate surface area is 80.8 Å². The van der Waals surface area contributed by atoms with Gasteiger partial charge in [0, 0.05) is 18.8 Å². The van der Waals surface area contributed by atoms with E-state index in [2.05, 4.69) is 10.3 Å². The highest BCUT2D eigenvalue weighted by molar-refractivity contribution is 5.99. The van der Waals surface area contributed by atoms with Crippen LogP contribution in [0.2, 0.25) is 0 Å². The van der Waals surface area contributed by atoms with E-state index in [1.807, 2.05) is 0 Å². The molecule has 1 aromatic rings. The quantitative estimate of drug-likeness (QED) is 0.737. The predicted octanol–water partition coefficient (Wildman–Crippen LogP) is 1.05. The van der Waals surface area contributed by atoms with Crippen molar-refractivity contribution in [2.45, 2.75) is 13.8 Å². The molecule has 1 aromatic heterocycles. The van der Waals surface area contributed by atoms with E-state index in [1.54, 1.807) is 6.92 Å². The zero-order chi connectivity index (χ0) is 10.7. The van der Waals surface area contributed by atoms with Gasteiger partial charge in [-0.15, -0.1) is 0 Å². The minimum Gasteiger partial charge on any atom is -0.478 e. The standard InChI is InChI=1S/C9H10N2O3/c1-5-3-8(11-6(2)12)7(4-10-5)9(13)14/h3-4H,1-2H3,(H,13,14)(H,10,11,12). The highest BCUT2D eigenvalue weighted by Crippen LogP contribution is 2.15. The Bertz CT molecular complexity index is 388. The number of aromatic nitrogens is 1. The van der Waals surface area contributed by atoms with Crippen LogP contribution in [0.25, 0.3) is 0 Å². The number of rotatable bonds is 2. The van der Waals surface area contributed by atoms with Gasteiger partial charge in [-0.3, -0.25) is 9.78 Å². The van der Waals surface area contributed by atoms with Crippen LogP contribution in [0, 0.1) is 6.92 Å². The van der Waals surface area contributed by atoms with Crippen LogP contribution in [0.1, 0.15) is 23.0 Å². The molecule has 0 atom stereocenters. The fourth-order valence-corrected chi connectivity index (χ4v) is 1.02. The molecule has 1 amide bonds. The smallest absolute Gasteiger partial charge is 0.339 e. The molecule has 0 aliphatic rings. The summed E-state index contributed by atoms with van der Waals surface area (Å²) >= 11 is 0. The van der Waals surface area contributed by atoms with Gasteiger partial charge in [0.05, 0.1) is 5.69 Å². The number of pyridine rings is 1. The largest absolute Gasteiger partial charge is 0.478 e. The van der Waals surface area contributed by atoms with Crippen molar-refractivity contribution in [3.05, 3.63) is 23.5 Å². The second-order valence-electron chi connectivity index (χ2n) is 2.86. The maximum atomic E-state index is 10.8. The van der Waals surface area contributed by atoms with Crippen molar-refractivity contribution in [3.8, 4) is 0 Å². The first-order valence-electron chi connectivity index (χ1n) is 3.98. The molecule has 0 unspecified atom stereocenters. The summed E-state index contributed by atoms with van der Waals surface area (Å²) in [5.41, 5.74) is 0.919. The molecule has 0 aromatic carbocycles. The summed E-state index contributed by atoms with van der Waals surface area (Å²) in [5, 5.41) is 11.2. The van der Waals surface area contributed by atoms with E-state index in [4.69, 9.17) is 5.11 Å². The second-order valence-corrected chi connectivity index (χ2v) is 2.86. The Morgan fingerprint density at radius 1 is 1.50 bits per heavy atom. The first-order valence-corrected chi connectivity index (χ1v) is 3.98. The van der Waals surface area contributed by atoms with Gasteiger partial charge in [-0.25, -0.2) is 4.79 Å². The summed E-state index contributed by atoms with van der Waals surface area (Å²) < 4.78 is 0. The molecule has 5 heteroatoms. The molecule has 14 heavy (non-hydrogen) atoms. The SMILES string of the molecule is CC(=O)Nc1cc(C)ncc1C(=O)O. The predicted molar refractivity (Wildman–Crippen MR) is 50.2 cm³/mol. The molecule has 74 valence electrons. The Kier molecular flexibility index (Phi) is 2.81. The van der Waals surface area contributed by atoms with E-state index in [-0.39, 0.29) is 17.2 Å². The molecule has 2 N–H and O–H groups in total. The number of amides is 1. The summed E-state index contributed by atoms with van der Waals surface area (Å²) in [6.07, 6.45) is 1.23. The molecule has 5 nitrogen and oxygen atoms in total. The lowest BCUT2D eigenvalue weighted by molar-refractivity contribution is -0.114. The Balaban J connectivity index is 3.15. The summed E-state index contributed by atoms with van der Waals surface area (Å²) in [6.45, 7) is 3.04. The molecule has 1 heterocycles. The van der Waals surface area contributed by atoms with Crippen LogP contribution < -0.4 is 5.32 Å². The van der Waals surface area contributed by atoms with Crippen molar-refractivity contribution < 1.29 is 14.7 Å². The van der Waals surface area contributed by atoms with Crippen LogP contribution in [0.3, 0.4) is 0 Å². The molecule has 1 rings (SSSR count). The molecular formula is C9H10N2O3. The molecule has 0 aliphatic heterocycles. The topological polar surface area (TPSA) is 79.3 Å². The van der Waals surface area contributed by atoms with Gasteiger partial charge in [0.25, 0.3) is 0 Å². The molecule has 0 aliphatic carbocycles. The molecule has 0 bridgehead atoms. The molecule has 0 fully saturated rings. The van der Waals surface area contributed by atoms with Gasteiger partial charge in [-0.2, -0.15) is 0 Å². The number of carboxylic acid groups (broad SMARTS) is 1. The second kappa shape index (κ2) is 3.87. The number of aryl methyl sites for hydroxylation is 1. The van der Waals surface area contributed by atoms with Crippen LogP contribution in [-0.2, 0) is 4.79 Å². The van der Waals surface area contributed by atoms with Gasteiger partial charge in [0.2, 0.25) is 5.91 Å². The van der Waals surface area contributed by atoms with E-state index >= 15 is 0 Å². The van der Waals surface area contributed by atoms with Crippen LogP contribution in [-0.4, -0.2) is 22.0 Å². The highest BCUT2D eigenvalue weighted by atomic mass is 16.4. The van der Waals surface area contributed by atoms with Crippen molar-refractivity contribution >= 4 is 17.6 Å². The van der Waals surface area contributed by atoms with Crippen LogP contribution in [0.15, 0.2) is 12.3 Å². The van der Waals surface area contributed by atoms with Crippen molar-refractivity contribution in [1.82, 2.24) is 4.98 Å². The highest BCUT2D eigenvalue weighted by Gasteiger charge is 2.11. The first-order chi connectivity index (χ1) is 6.50. The maximum absolute atomic E-state index is 10.8. The normalized spacial score (nSPS) is 9.57. The summed E-state index contributed by atoms with van der Waals surface area (Å²) in [5.74, 6) is -1.42. The van der Waals surface area contributed by atoms with E-state index in [1.165, 1.54) is 19.2 Å². The van der Waals surface area contributed by atoms with Crippen molar-refractivity contribution in [2.75, 3.05) is 5.32 Å². The summed E-state index contributed by atoms with van der Waals surface area (Å²) in [4.78, 5) is 25.3. The van der Waals surface area contributed by atoms with Crippen molar-refractivity contribution in [1.29, 1.82) is 0 Å². The van der Waals surface area contributed by atoms with E-state index in [0.717, 1.165) is 0 Å². The number of carbonyl (C=O) groups excluding carboxylic acids is 1.